The van der Waals surface area contributed by atoms with Crippen LogP contribution < -0.4 is 0 Å². The zero-order valence-corrected chi connectivity index (χ0v) is 22.2. The Bertz CT molecular complexity index is 2480. The van der Waals surface area contributed by atoms with Gasteiger partial charge >= 0.3 is 0 Å². The summed E-state index contributed by atoms with van der Waals surface area (Å²) in [5.41, 5.74) is 7.37. The van der Waals surface area contributed by atoms with Gasteiger partial charge in [0.15, 0.2) is 23.1 Å². The van der Waals surface area contributed by atoms with Crippen molar-refractivity contribution in [2.75, 3.05) is 0 Å². The molecule has 0 aliphatic heterocycles. The van der Waals surface area contributed by atoms with E-state index >= 15 is 0 Å². The molecule has 9 aromatic rings. The third kappa shape index (κ3) is 3.52. The van der Waals surface area contributed by atoms with Crippen LogP contribution in [0.15, 0.2) is 130 Å². The lowest BCUT2D eigenvalue weighted by atomic mass is 10.1. The van der Waals surface area contributed by atoms with Gasteiger partial charge in [0.2, 0.25) is 0 Å². The van der Waals surface area contributed by atoms with Crippen LogP contribution in [-0.2, 0) is 0 Å². The molecule has 0 amide bonds. The Kier molecular flexibility index (Phi) is 4.80. The van der Waals surface area contributed by atoms with Crippen molar-refractivity contribution in [1.82, 2.24) is 19.9 Å². The Labute approximate surface area is 238 Å². The molecule has 0 saturated heterocycles. The summed E-state index contributed by atoms with van der Waals surface area (Å²) < 4.78 is 12.5. The first-order valence-electron chi connectivity index (χ1n) is 13.7. The van der Waals surface area contributed by atoms with Crippen LogP contribution in [0.4, 0.5) is 0 Å². The number of hydrogen-bond acceptors (Lipinski definition) is 6. The molecule has 0 spiro atoms. The van der Waals surface area contributed by atoms with Crippen LogP contribution in [-0.4, -0.2) is 19.9 Å². The molecule has 9 rings (SSSR count). The Hall–Kier alpha value is -5.88. The van der Waals surface area contributed by atoms with Crippen molar-refractivity contribution < 1.29 is 8.83 Å². The zero-order chi connectivity index (χ0) is 27.6. The number of fused-ring (bicyclic) bond motifs is 7. The maximum absolute atomic E-state index is 6.28. The number of nitrogens with zero attached hydrogens (tertiary/aromatic N) is 4. The van der Waals surface area contributed by atoms with Crippen LogP contribution in [0.25, 0.3) is 89.1 Å². The van der Waals surface area contributed by atoms with E-state index in [0.717, 1.165) is 71.6 Å². The summed E-state index contributed by atoms with van der Waals surface area (Å²) in [5.74, 6) is 1.69. The predicted octanol–water partition coefficient (Wildman–Crippen LogP) is 9.22. The van der Waals surface area contributed by atoms with Crippen molar-refractivity contribution in [3.05, 3.63) is 121 Å². The highest BCUT2D eigenvalue weighted by Gasteiger charge is 2.19. The molecule has 4 aromatic heterocycles. The second-order valence-electron chi connectivity index (χ2n) is 10.3. The van der Waals surface area contributed by atoms with Crippen LogP contribution in [0, 0.1) is 0 Å². The van der Waals surface area contributed by atoms with Crippen molar-refractivity contribution in [3.8, 4) is 34.2 Å². The number of pyridine rings is 1. The number of benzene rings is 5. The van der Waals surface area contributed by atoms with Gasteiger partial charge < -0.3 is 8.83 Å². The third-order valence-corrected chi connectivity index (χ3v) is 7.72. The Morgan fingerprint density at radius 3 is 2.07 bits per heavy atom. The predicted molar refractivity (Wildman–Crippen MR) is 166 cm³/mol. The number of furan rings is 2. The van der Waals surface area contributed by atoms with Gasteiger partial charge in [-0.3, -0.25) is 0 Å². The number of hydrogen-bond donors (Lipinski definition) is 0. The molecule has 0 N–H and O–H groups in total. The molecule has 0 aliphatic rings. The smallest absolute Gasteiger partial charge is 0.164 e. The molecule has 0 saturated carbocycles. The SMILES string of the molecule is c1ccc(-c2nc(-c3ccc4c(c3)oc3ccccc34)nc(-c3cccc4oc5cc6ccccc6nc5c34)n2)cc1. The summed E-state index contributed by atoms with van der Waals surface area (Å²) >= 11 is 0. The lowest BCUT2D eigenvalue weighted by Gasteiger charge is -2.09. The Balaban J connectivity index is 1.30. The summed E-state index contributed by atoms with van der Waals surface area (Å²) in [6, 6.07) is 40.2. The average molecular weight is 541 g/mol. The maximum Gasteiger partial charge on any atom is 0.164 e. The lowest BCUT2D eigenvalue weighted by Crippen LogP contribution is -2.00. The van der Waals surface area contributed by atoms with Gasteiger partial charge in [-0.25, -0.2) is 19.9 Å². The van der Waals surface area contributed by atoms with Crippen molar-refractivity contribution in [2.45, 2.75) is 0 Å². The highest BCUT2D eigenvalue weighted by molar-refractivity contribution is 6.12. The van der Waals surface area contributed by atoms with Crippen LogP contribution >= 0.6 is 0 Å². The van der Waals surface area contributed by atoms with E-state index in [1.165, 1.54) is 0 Å². The van der Waals surface area contributed by atoms with Crippen molar-refractivity contribution >= 4 is 54.9 Å². The topological polar surface area (TPSA) is 77.8 Å². The summed E-state index contributed by atoms with van der Waals surface area (Å²) in [4.78, 5) is 19.9. The largest absolute Gasteiger partial charge is 0.456 e. The van der Waals surface area contributed by atoms with E-state index in [1.807, 2.05) is 109 Å². The normalized spacial score (nSPS) is 11.8. The minimum atomic E-state index is 0.548. The monoisotopic (exact) mass is 540 g/mol. The maximum atomic E-state index is 6.28. The highest BCUT2D eigenvalue weighted by Crippen LogP contribution is 2.37. The number of rotatable bonds is 3. The van der Waals surface area contributed by atoms with Gasteiger partial charge in [-0.15, -0.1) is 0 Å². The summed E-state index contributed by atoms with van der Waals surface area (Å²) in [5, 5.41) is 4.04. The van der Waals surface area contributed by atoms with E-state index in [4.69, 9.17) is 28.8 Å². The average Bonchev–Trinajstić information content (AvgIpc) is 3.61. The molecule has 196 valence electrons. The molecule has 42 heavy (non-hydrogen) atoms. The third-order valence-electron chi connectivity index (χ3n) is 7.72. The van der Waals surface area contributed by atoms with Crippen molar-refractivity contribution in [2.24, 2.45) is 0 Å². The number of aromatic nitrogens is 4. The first-order chi connectivity index (χ1) is 20.8. The minimum Gasteiger partial charge on any atom is -0.456 e. The van der Waals surface area contributed by atoms with E-state index in [-0.39, 0.29) is 0 Å². The molecular weight excluding hydrogens is 520 g/mol. The van der Waals surface area contributed by atoms with Crippen LogP contribution in [0.1, 0.15) is 0 Å². The Morgan fingerprint density at radius 1 is 0.429 bits per heavy atom. The minimum absolute atomic E-state index is 0.548. The van der Waals surface area contributed by atoms with Gasteiger partial charge in [0, 0.05) is 32.8 Å². The first-order valence-corrected chi connectivity index (χ1v) is 13.7. The Morgan fingerprint density at radius 2 is 1.14 bits per heavy atom. The molecule has 0 radical (unpaired) electrons. The lowest BCUT2D eigenvalue weighted by molar-refractivity contribution is 0.668. The van der Waals surface area contributed by atoms with E-state index in [0.29, 0.717) is 17.5 Å². The molecule has 0 atom stereocenters. The molecule has 4 heterocycles. The molecule has 0 unspecified atom stereocenters. The fourth-order valence-corrected chi connectivity index (χ4v) is 5.73. The molecular formula is C36H20N4O2. The highest BCUT2D eigenvalue weighted by atomic mass is 16.3. The summed E-state index contributed by atoms with van der Waals surface area (Å²) in [7, 11) is 0. The molecule has 0 bridgehead atoms. The van der Waals surface area contributed by atoms with Gasteiger partial charge in [0.05, 0.1) is 10.9 Å². The first kappa shape index (κ1) is 22.9. The van der Waals surface area contributed by atoms with E-state index in [9.17, 15) is 0 Å². The van der Waals surface area contributed by atoms with Gasteiger partial charge in [-0.2, -0.15) is 0 Å². The molecule has 5 aromatic carbocycles. The van der Waals surface area contributed by atoms with Crippen molar-refractivity contribution in [1.29, 1.82) is 0 Å². The van der Waals surface area contributed by atoms with Gasteiger partial charge in [-0.1, -0.05) is 84.9 Å². The van der Waals surface area contributed by atoms with Crippen molar-refractivity contribution in [3.63, 3.8) is 0 Å². The molecule has 0 aliphatic carbocycles. The standard InChI is InChI=1S/C36H20N4O2/c1-2-9-21(10-3-1)34-38-35(23-17-18-25-24-12-5-7-15-28(24)41-30(25)20-23)40-36(39-34)26-13-8-16-29-32(26)33-31(42-29)19-22-11-4-6-14-27(22)37-33/h1-20H. The summed E-state index contributed by atoms with van der Waals surface area (Å²) in [6.45, 7) is 0. The quantitative estimate of drug-likeness (QED) is 0.222. The molecule has 0 fully saturated rings. The van der Waals surface area contributed by atoms with Crippen LogP contribution in [0.5, 0.6) is 0 Å². The fraction of sp³-hybridized carbons (Fsp3) is 0. The second-order valence-corrected chi connectivity index (χ2v) is 10.3. The van der Waals surface area contributed by atoms with E-state index < -0.39 is 0 Å². The zero-order valence-electron chi connectivity index (χ0n) is 22.2. The van der Waals surface area contributed by atoms with E-state index in [2.05, 4.69) is 12.1 Å². The van der Waals surface area contributed by atoms with Gasteiger partial charge in [-0.05, 0) is 36.4 Å². The molecule has 6 nitrogen and oxygen atoms in total. The number of para-hydroxylation sites is 2. The van der Waals surface area contributed by atoms with Gasteiger partial charge in [0.25, 0.3) is 0 Å². The van der Waals surface area contributed by atoms with Crippen LogP contribution in [0.3, 0.4) is 0 Å². The molecule has 6 heteroatoms. The van der Waals surface area contributed by atoms with E-state index in [1.54, 1.807) is 0 Å². The van der Waals surface area contributed by atoms with Gasteiger partial charge in [0.1, 0.15) is 22.3 Å². The fourth-order valence-electron chi connectivity index (χ4n) is 5.73. The summed E-state index contributed by atoms with van der Waals surface area (Å²) in [6.07, 6.45) is 0. The second kappa shape index (κ2) is 8.81. The van der Waals surface area contributed by atoms with Crippen LogP contribution in [0.2, 0.25) is 0 Å².